The van der Waals surface area contributed by atoms with Crippen LogP contribution in [0.15, 0.2) is 24.3 Å². The molecule has 6 nitrogen and oxygen atoms in total. The predicted octanol–water partition coefficient (Wildman–Crippen LogP) is 0.457. The van der Waals surface area contributed by atoms with Crippen LogP contribution in [-0.4, -0.2) is 41.6 Å². The van der Waals surface area contributed by atoms with Crippen LogP contribution in [-0.2, 0) is 16.1 Å². The number of hydrogen-bond acceptors (Lipinski definition) is 4. The van der Waals surface area contributed by atoms with Crippen molar-refractivity contribution in [3.05, 3.63) is 29.8 Å². The van der Waals surface area contributed by atoms with Crippen LogP contribution >= 0.6 is 0 Å². The number of carboxylic acids is 1. The zero-order chi connectivity index (χ0) is 14.5. The Kier molecular flexibility index (Phi) is 4.57. The van der Waals surface area contributed by atoms with Gasteiger partial charge in [0.05, 0.1) is 5.92 Å². The second kappa shape index (κ2) is 6.38. The lowest BCUT2D eigenvalue weighted by Crippen LogP contribution is -2.22. The fourth-order valence-electron chi connectivity index (χ4n) is 2.28. The highest BCUT2D eigenvalue weighted by atomic mass is 16.5. The topological polar surface area (TPSA) is 92.9 Å². The minimum Gasteiger partial charge on any atom is -0.484 e. The molecule has 1 aliphatic rings. The summed E-state index contributed by atoms with van der Waals surface area (Å²) < 4.78 is 5.18. The van der Waals surface area contributed by atoms with E-state index in [1.165, 1.54) is 0 Å². The number of hydrogen-bond donors (Lipinski definition) is 2. The summed E-state index contributed by atoms with van der Waals surface area (Å²) in [6.45, 7) is 1.98. The Balaban J connectivity index is 1.85. The molecule has 1 amide bonds. The molecule has 1 aromatic rings. The van der Waals surface area contributed by atoms with Crippen LogP contribution in [0.25, 0.3) is 0 Å². The molecular weight excluding hydrogens is 260 g/mol. The number of rotatable bonds is 6. The van der Waals surface area contributed by atoms with E-state index in [-0.39, 0.29) is 12.5 Å². The van der Waals surface area contributed by atoms with Gasteiger partial charge in [-0.15, -0.1) is 0 Å². The Hall–Kier alpha value is -2.08. The van der Waals surface area contributed by atoms with Gasteiger partial charge in [-0.25, -0.2) is 0 Å². The largest absolute Gasteiger partial charge is 0.484 e. The lowest BCUT2D eigenvalue weighted by Gasteiger charge is -2.15. The van der Waals surface area contributed by atoms with Gasteiger partial charge < -0.3 is 15.6 Å². The molecule has 1 aromatic carbocycles. The number of carbonyl (C=O) groups excluding carboxylic acids is 1. The molecule has 2 rings (SSSR count). The van der Waals surface area contributed by atoms with Gasteiger partial charge in [-0.2, -0.15) is 0 Å². The van der Waals surface area contributed by atoms with Gasteiger partial charge in [-0.05, 0) is 30.7 Å². The van der Waals surface area contributed by atoms with E-state index < -0.39 is 11.9 Å². The minimum atomic E-state index is -0.720. The fraction of sp³-hybridized carbons (Fsp3) is 0.429. The van der Waals surface area contributed by atoms with E-state index >= 15 is 0 Å². The van der Waals surface area contributed by atoms with Gasteiger partial charge in [-0.3, -0.25) is 14.5 Å². The van der Waals surface area contributed by atoms with Crippen LogP contribution in [0.5, 0.6) is 5.75 Å². The van der Waals surface area contributed by atoms with Gasteiger partial charge in [0, 0.05) is 13.1 Å². The number of ether oxygens (including phenoxy) is 1. The normalized spacial score (nSPS) is 18.9. The second-order valence-electron chi connectivity index (χ2n) is 4.96. The van der Waals surface area contributed by atoms with Crippen molar-refractivity contribution in [1.29, 1.82) is 0 Å². The zero-order valence-electron chi connectivity index (χ0n) is 11.1. The summed E-state index contributed by atoms with van der Waals surface area (Å²) >= 11 is 0. The van der Waals surface area contributed by atoms with Gasteiger partial charge in [0.1, 0.15) is 5.75 Å². The maximum atomic E-state index is 10.9. The van der Waals surface area contributed by atoms with E-state index in [0.29, 0.717) is 18.7 Å². The van der Waals surface area contributed by atoms with E-state index in [4.69, 9.17) is 15.6 Å². The Morgan fingerprint density at radius 3 is 2.60 bits per heavy atom. The number of primary amides is 1. The Bertz CT molecular complexity index is 486. The average Bonchev–Trinajstić information content (AvgIpc) is 2.86. The highest BCUT2D eigenvalue weighted by Crippen LogP contribution is 2.20. The highest BCUT2D eigenvalue weighted by molar-refractivity contribution is 5.75. The molecule has 1 fully saturated rings. The van der Waals surface area contributed by atoms with Crippen LogP contribution < -0.4 is 10.5 Å². The Labute approximate surface area is 117 Å². The molecule has 0 aromatic heterocycles. The summed E-state index contributed by atoms with van der Waals surface area (Å²) in [5.41, 5.74) is 6.08. The molecule has 6 heteroatoms. The van der Waals surface area contributed by atoms with Crippen molar-refractivity contribution in [2.75, 3.05) is 19.7 Å². The molecule has 0 radical (unpaired) electrons. The van der Waals surface area contributed by atoms with Crippen LogP contribution in [0.1, 0.15) is 12.0 Å². The fourth-order valence-corrected chi connectivity index (χ4v) is 2.28. The van der Waals surface area contributed by atoms with E-state index in [9.17, 15) is 9.59 Å². The molecule has 1 aliphatic heterocycles. The van der Waals surface area contributed by atoms with E-state index in [1.54, 1.807) is 12.1 Å². The first-order valence-electron chi connectivity index (χ1n) is 6.50. The third kappa shape index (κ3) is 3.96. The summed E-state index contributed by atoms with van der Waals surface area (Å²) in [6.07, 6.45) is 0.704. The summed E-state index contributed by atoms with van der Waals surface area (Å²) in [5.74, 6) is -0.890. The summed E-state index contributed by atoms with van der Waals surface area (Å²) in [5, 5.41) is 8.96. The molecule has 1 unspecified atom stereocenters. The molecule has 0 aliphatic carbocycles. The average molecular weight is 278 g/mol. The summed E-state index contributed by atoms with van der Waals surface area (Å²) in [4.78, 5) is 23.6. The van der Waals surface area contributed by atoms with Crippen molar-refractivity contribution in [3.63, 3.8) is 0 Å². The van der Waals surface area contributed by atoms with Gasteiger partial charge in [0.15, 0.2) is 6.61 Å². The quantitative estimate of drug-likeness (QED) is 0.788. The Morgan fingerprint density at radius 2 is 2.05 bits per heavy atom. The first kappa shape index (κ1) is 14.3. The number of amides is 1. The first-order valence-corrected chi connectivity index (χ1v) is 6.50. The number of carboxylic acid groups (broad SMARTS) is 1. The second-order valence-corrected chi connectivity index (χ2v) is 4.96. The van der Waals surface area contributed by atoms with Gasteiger partial charge in [0.25, 0.3) is 5.91 Å². The van der Waals surface area contributed by atoms with Crippen molar-refractivity contribution in [2.45, 2.75) is 13.0 Å². The SMILES string of the molecule is NC(=O)COc1ccc(CN2CCC(C(=O)O)C2)cc1. The summed E-state index contributed by atoms with van der Waals surface area (Å²) in [7, 11) is 0. The van der Waals surface area contributed by atoms with Gasteiger partial charge in [0.2, 0.25) is 0 Å². The van der Waals surface area contributed by atoms with E-state index in [1.807, 2.05) is 12.1 Å². The lowest BCUT2D eigenvalue weighted by molar-refractivity contribution is -0.141. The number of nitrogens with two attached hydrogens (primary N) is 1. The molecule has 20 heavy (non-hydrogen) atoms. The van der Waals surface area contributed by atoms with Crippen molar-refractivity contribution < 1.29 is 19.4 Å². The minimum absolute atomic E-state index is 0.133. The molecule has 1 atom stereocenters. The maximum absolute atomic E-state index is 10.9. The smallest absolute Gasteiger partial charge is 0.307 e. The summed E-state index contributed by atoms with van der Waals surface area (Å²) in [6, 6.07) is 7.38. The van der Waals surface area contributed by atoms with Gasteiger partial charge >= 0.3 is 5.97 Å². The third-order valence-electron chi connectivity index (χ3n) is 3.33. The molecule has 1 heterocycles. The highest BCUT2D eigenvalue weighted by Gasteiger charge is 2.27. The molecule has 0 spiro atoms. The van der Waals surface area contributed by atoms with Crippen molar-refractivity contribution in [3.8, 4) is 5.75 Å². The van der Waals surface area contributed by atoms with Crippen molar-refractivity contribution >= 4 is 11.9 Å². The predicted molar refractivity (Wildman–Crippen MR) is 72.2 cm³/mol. The van der Waals surface area contributed by atoms with Crippen LogP contribution in [0.3, 0.4) is 0 Å². The van der Waals surface area contributed by atoms with Crippen molar-refractivity contribution in [1.82, 2.24) is 4.90 Å². The first-order chi connectivity index (χ1) is 9.54. The number of likely N-dealkylation sites (tertiary alicyclic amines) is 1. The monoisotopic (exact) mass is 278 g/mol. The molecular formula is C14H18N2O4. The molecule has 0 saturated carbocycles. The number of nitrogens with zero attached hydrogens (tertiary/aromatic N) is 1. The molecule has 1 saturated heterocycles. The standard InChI is InChI=1S/C14H18N2O4/c15-13(17)9-20-12-3-1-10(2-4-12)7-16-6-5-11(8-16)14(18)19/h1-4,11H,5-9H2,(H2,15,17)(H,18,19). The number of carbonyl (C=O) groups is 2. The van der Waals surface area contributed by atoms with Crippen LogP contribution in [0.4, 0.5) is 0 Å². The molecule has 0 bridgehead atoms. The van der Waals surface area contributed by atoms with Crippen LogP contribution in [0.2, 0.25) is 0 Å². The molecule has 3 N–H and O–H groups in total. The molecule has 108 valence electrons. The Morgan fingerprint density at radius 1 is 1.35 bits per heavy atom. The van der Waals surface area contributed by atoms with E-state index in [0.717, 1.165) is 18.7 Å². The van der Waals surface area contributed by atoms with Crippen LogP contribution in [0, 0.1) is 5.92 Å². The third-order valence-corrected chi connectivity index (χ3v) is 3.33. The van der Waals surface area contributed by atoms with Crippen molar-refractivity contribution in [2.24, 2.45) is 11.7 Å². The lowest BCUT2D eigenvalue weighted by atomic mass is 10.1. The maximum Gasteiger partial charge on any atom is 0.307 e. The number of benzene rings is 1. The number of aliphatic carboxylic acids is 1. The van der Waals surface area contributed by atoms with E-state index in [2.05, 4.69) is 4.90 Å². The van der Waals surface area contributed by atoms with Gasteiger partial charge in [-0.1, -0.05) is 12.1 Å². The zero-order valence-corrected chi connectivity index (χ0v) is 11.1.